The molecule has 4 heteroatoms. The van der Waals surface area contributed by atoms with E-state index in [0.717, 1.165) is 5.57 Å². The fourth-order valence-corrected chi connectivity index (χ4v) is 1.45. The maximum atomic E-state index is 11.3. The smallest absolute Gasteiger partial charge is 0.330 e. The maximum absolute atomic E-state index is 11.3. The third-order valence-corrected chi connectivity index (χ3v) is 2.56. The Morgan fingerprint density at radius 3 is 2.79 bits per heavy atom. The van der Waals surface area contributed by atoms with Crippen molar-refractivity contribution in [3.63, 3.8) is 0 Å². The van der Waals surface area contributed by atoms with Gasteiger partial charge in [0.15, 0.2) is 0 Å². The second-order valence-electron chi connectivity index (χ2n) is 4.39. The Balaban J connectivity index is 3.84. The lowest BCUT2D eigenvalue weighted by Crippen LogP contribution is -2.07. The molecule has 1 atom stereocenters. The largest absolute Gasteiger partial charge is 0.462 e. The number of hydrogen-bond donors (Lipinski definition) is 2. The summed E-state index contributed by atoms with van der Waals surface area (Å²) in [5, 5.41) is 18.2. The molecule has 2 N–H and O–H groups in total. The lowest BCUT2D eigenvalue weighted by molar-refractivity contribution is -0.138. The highest BCUT2D eigenvalue weighted by molar-refractivity contribution is 5.82. The molecule has 0 radical (unpaired) electrons. The van der Waals surface area contributed by atoms with Crippen LogP contribution >= 0.6 is 0 Å². The number of ether oxygens (including phenoxy) is 1. The van der Waals surface area contributed by atoms with E-state index in [1.54, 1.807) is 6.92 Å². The number of carbonyl (C=O) groups is 1. The zero-order chi connectivity index (χ0) is 14.5. The summed E-state index contributed by atoms with van der Waals surface area (Å²) in [6.45, 7) is 3.87. The Morgan fingerprint density at radius 1 is 1.42 bits per heavy atom. The van der Waals surface area contributed by atoms with Crippen molar-refractivity contribution >= 4 is 5.97 Å². The first kappa shape index (κ1) is 17.7. The van der Waals surface area contributed by atoms with Gasteiger partial charge in [-0.3, -0.25) is 0 Å². The summed E-state index contributed by atoms with van der Waals surface area (Å²) in [6, 6.07) is 0. The molecule has 4 nitrogen and oxygen atoms in total. The molecule has 0 aromatic carbocycles. The minimum Gasteiger partial charge on any atom is -0.462 e. The number of aliphatic hydroxyl groups excluding tert-OH is 2. The van der Waals surface area contributed by atoms with Crippen LogP contribution in [0, 0.1) is 11.8 Å². The topological polar surface area (TPSA) is 66.8 Å². The number of esters is 1. The highest BCUT2D eigenvalue weighted by atomic mass is 16.5. The zero-order valence-electron chi connectivity index (χ0n) is 11.8. The fourth-order valence-electron chi connectivity index (χ4n) is 1.45. The van der Waals surface area contributed by atoms with Crippen molar-refractivity contribution in [2.24, 2.45) is 0 Å². The molecule has 0 aliphatic carbocycles. The van der Waals surface area contributed by atoms with Gasteiger partial charge in [0.05, 0.1) is 12.7 Å². The van der Waals surface area contributed by atoms with Gasteiger partial charge in [0.1, 0.15) is 0 Å². The van der Waals surface area contributed by atoms with E-state index in [1.807, 2.05) is 6.92 Å². The Labute approximate surface area is 115 Å². The van der Waals surface area contributed by atoms with Gasteiger partial charge in [-0.25, -0.2) is 4.79 Å². The van der Waals surface area contributed by atoms with Crippen LogP contribution < -0.4 is 0 Å². The van der Waals surface area contributed by atoms with Crippen molar-refractivity contribution in [3.05, 3.63) is 11.6 Å². The van der Waals surface area contributed by atoms with E-state index in [2.05, 4.69) is 11.8 Å². The van der Waals surface area contributed by atoms with Crippen LogP contribution in [0.5, 0.6) is 0 Å². The molecule has 1 unspecified atom stereocenters. The molecular formula is C15H24O4. The molecule has 0 fully saturated rings. The first-order chi connectivity index (χ1) is 9.10. The zero-order valence-corrected chi connectivity index (χ0v) is 11.8. The molecule has 0 saturated heterocycles. The van der Waals surface area contributed by atoms with Gasteiger partial charge in [0.2, 0.25) is 0 Å². The summed E-state index contributed by atoms with van der Waals surface area (Å²) in [5.74, 6) is 5.30. The van der Waals surface area contributed by atoms with E-state index < -0.39 is 5.97 Å². The van der Waals surface area contributed by atoms with Crippen LogP contribution in [-0.4, -0.2) is 35.5 Å². The monoisotopic (exact) mass is 268 g/mol. The molecule has 0 saturated carbocycles. The molecule has 0 spiro atoms. The molecule has 0 aromatic rings. The van der Waals surface area contributed by atoms with E-state index in [0.29, 0.717) is 32.1 Å². The molecule has 0 bridgehead atoms. The van der Waals surface area contributed by atoms with E-state index in [9.17, 15) is 9.90 Å². The third-order valence-electron chi connectivity index (χ3n) is 2.56. The standard InChI is InChI=1S/C15H24O4/c1-3-4-5-7-14(17)9-8-13(2)12-15(18)19-11-6-10-16/h12,14,16-17H,5-11H2,1-2H3/b13-12+. The van der Waals surface area contributed by atoms with Crippen molar-refractivity contribution in [3.8, 4) is 11.8 Å². The first-order valence-electron chi connectivity index (χ1n) is 6.62. The number of hydrogen-bond acceptors (Lipinski definition) is 4. The molecular weight excluding hydrogens is 244 g/mol. The quantitative estimate of drug-likeness (QED) is 0.290. The van der Waals surface area contributed by atoms with Gasteiger partial charge in [-0.2, -0.15) is 0 Å². The van der Waals surface area contributed by atoms with Crippen molar-refractivity contribution < 1.29 is 19.7 Å². The molecule has 0 aromatic heterocycles. The minimum atomic E-state index is -0.391. The molecule has 0 aliphatic heterocycles. The maximum Gasteiger partial charge on any atom is 0.330 e. The summed E-state index contributed by atoms with van der Waals surface area (Å²) < 4.78 is 4.88. The van der Waals surface area contributed by atoms with Gasteiger partial charge in [-0.1, -0.05) is 5.57 Å². The van der Waals surface area contributed by atoms with Crippen LogP contribution in [0.15, 0.2) is 11.6 Å². The van der Waals surface area contributed by atoms with Crippen LogP contribution in [0.3, 0.4) is 0 Å². The number of aliphatic hydroxyl groups is 2. The van der Waals surface area contributed by atoms with Crippen LogP contribution in [0.1, 0.15) is 46.0 Å². The minimum absolute atomic E-state index is 0.0167. The Morgan fingerprint density at radius 2 is 2.16 bits per heavy atom. The number of carbonyl (C=O) groups excluding carboxylic acids is 1. The molecule has 0 amide bonds. The Bertz CT molecular complexity index is 336. The summed E-state index contributed by atoms with van der Waals surface area (Å²) in [5.41, 5.74) is 0.884. The fraction of sp³-hybridized carbons (Fsp3) is 0.667. The molecule has 0 aliphatic rings. The van der Waals surface area contributed by atoms with Crippen LogP contribution in [0.4, 0.5) is 0 Å². The van der Waals surface area contributed by atoms with Crippen molar-refractivity contribution in [2.75, 3.05) is 13.2 Å². The van der Waals surface area contributed by atoms with E-state index in [1.165, 1.54) is 6.08 Å². The van der Waals surface area contributed by atoms with Gasteiger partial charge in [-0.05, 0) is 33.1 Å². The van der Waals surface area contributed by atoms with Crippen molar-refractivity contribution in [2.45, 2.75) is 52.1 Å². The molecule has 0 heterocycles. The Kier molecular flexibility index (Phi) is 11.0. The summed E-state index contributed by atoms with van der Waals surface area (Å²) in [7, 11) is 0. The summed E-state index contributed by atoms with van der Waals surface area (Å²) in [6.07, 6.45) is 4.16. The summed E-state index contributed by atoms with van der Waals surface area (Å²) in [4.78, 5) is 11.3. The molecule has 108 valence electrons. The van der Waals surface area contributed by atoms with Crippen LogP contribution in [0.25, 0.3) is 0 Å². The SMILES string of the molecule is CC#CCCC(O)CC/C(C)=C/C(=O)OCCCO. The van der Waals surface area contributed by atoms with E-state index in [-0.39, 0.29) is 19.3 Å². The normalized spacial score (nSPS) is 12.5. The lowest BCUT2D eigenvalue weighted by atomic mass is 10.0. The van der Waals surface area contributed by atoms with E-state index in [4.69, 9.17) is 9.84 Å². The van der Waals surface area contributed by atoms with Gasteiger partial charge in [-0.15, -0.1) is 11.8 Å². The highest BCUT2D eigenvalue weighted by Gasteiger charge is 2.05. The second kappa shape index (κ2) is 11.8. The van der Waals surface area contributed by atoms with Gasteiger partial charge in [0, 0.05) is 25.5 Å². The lowest BCUT2D eigenvalue weighted by Gasteiger charge is -2.08. The number of rotatable bonds is 9. The van der Waals surface area contributed by atoms with Crippen molar-refractivity contribution in [1.29, 1.82) is 0 Å². The van der Waals surface area contributed by atoms with Crippen molar-refractivity contribution in [1.82, 2.24) is 0 Å². The first-order valence-corrected chi connectivity index (χ1v) is 6.62. The van der Waals surface area contributed by atoms with Gasteiger partial charge < -0.3 is 14.9 Å². The summed E-state index contributed by atoms with van der Waals surface area (Å²) >= 11 is 0. The average molecular weight is 268 g/mol. The van der Waals surface area contributed by atoms with Crippen LogP contribution in [-0.2, 0) is 9.53 Å². The highest BCUT2D eigenvalue weighted by Crippen LogP contribution is 2.10. The average Bonchev–Trinajstić information content (AvgIpc) is 2.37. The Hall–Kier alpha value is -1.31. The van der Waals surface area contributed by atoms with Crippen LogP contribution in [0.2, 0.25) is 0 Å². The third kappa shape index (κ3) is 11.5. The number of allylic oxidation sites excluding steroid dienone is 1. The van der Waals surface area contributed by atoms with Gasteiger partial charge in [0.25, 0.3) is 0 Å². The molecule has 19 heavy (non-hydrogen) atoms. The predicted octanol–water partition coefficient (Wildman–Crippen LogP) is 1.80. The van der Waals surface area contributed by atoms with Gasteiger partial charge >= 0.3 is 5.97 Å². The second-order valence-corrected chi connectivity index (χ2v) is 4.39. The van der Waals surface area contributed by atoms with E-state index >= 15 is 0 Å². The predicted molar refractivity (Wildman–Crippen MR) is 74.3 cm³/mol. The molecule has 0 rings (SSSR count).